The molecule has 0 spiro atoms. The number of carbonyl (C=O) groups excluding carboxylic acids is 1. The fraction of sp³-hybridized carbons (Fsp3) is 0.357. The second-order valence-electron chi connectivity index (χ2n) is 4.88. The Morgan fingerprint density at radius 1 is 1.35 bits per heavy atom. The Morgan fingerprint density at radius 2 is 2.15 bits per heavy atom. The van der Waals surface area contributed by atoms with Crippen molar-refractivity contribution in [2.24, 2.45) is 0 Å². The number of nitrogens with zero attached hydrogens (tertiary/aromatic N) is 3. The van der Waals surface area contributed by atoms with Gasteiger partial charge in [-0.3, -0.25) is 4.79 Å². The molecule has 0 saturated heterocycles. The molecule has 2 heterocycles. The molecule has 1 amide bonds. The van der Waals surface area contributed by atoms with E-state index >= 15 is 0 Å². The summed E-state index contributed by atoms with van der Waals surface area (Å²) in [6.07, 6.45) is 0.934. The lowest BCUT2D eigenvalue weighted by Crippen LogP contribution is -2.24. The molecule has 2 aromatic heterocycles. The minimum atomic E-state index is -0.143. The van der Waals surface area contributed by atoms with Crippen molar-refractivity contribution in [3.63, 3.8) is 0 Å². The molecule has 6 heteroatoms. The van der Waals surface area contributed by atoms with Gasteiger partial charge >= 0.3 is 0 Å². The fourth-order valence-electron chi connectivity index (χ4n) is 1.82. The first-order valence-electron chi connectivity index (χ1n) is 6.39. The highest BCUT2D eigenvalue weighted by Gasteiger charge is 2.11. The van der Waals surface area contributed by atoms with Crippen LogP contribution in [0.3, 0.4) is 0 Å². The Balaban J connectivity index is 1.95. The van der Waals surface area contributed by atoms with Crippen LogP contribution in [0.2, 0.25) is 0 Å². The Morgan fingerprint density at radius 3 is 2.70 bits per heavy atom. The maximum absolute atomic E-state index is 11.7. The third-order valence-corrected chi connectivity index (χ3v) is 3.54. The highest BCUT2D eigenvalue weighted by molar-refractivity contribution is 7.07. The molecule has 5 nitrogen and oxygen atoms in total. The van der Waals surface area contributed by atoms with Crippen LogP contribution in [0.15, 0.2) is 29.0 Å². The molecule has 1 N–H and O–H groups in total. The van der Waals surface area contributed by atoms with E-state index in [9.17, 15) is 4.79 Å². The predicted octanol–water partition coefficient (Wildman–Crippen LogP) is 2.28. The first kappa shape index (κ1) is 14.5. The van der Waals surface area contributed by atoms with Gasteiger partial charge in [-0.25, -0.2) is 0 Å². The Labute approximate surface area is 122 Å². The molecule has 0 radical (unpaired) electrons. The second-order valence-corrected chi connectivity index (χ2v) is 5.66. The molecule has 0 aliphatic rings. The van der Waals surface area contributed by atoms with Gasteiger partial charge in [0.25, 0.3) is 5.91 Å². The van der Waals surface area contributed by atoms with Crippen LogP contribution in [-0.2, 0) is 6.42 Å². The molecule has 0 bridgehead atoms. The number of thiophene rings is 1. The van der Waals surface area contributed by atoms with Crippen LogP contribution in [0.25, 0.3) is 0 Å². The Kier molecular flexibility index (Phi) is 4.68. The summed E-state index contributed by atoms with van der Waals surface area (Å²) in [6, 6.07) is 5.85. The Bertz CT molecular complexity index is 551. The highest BCUT2D eigenvalue weighted by Crippen LogP contribution is 2.11. The van der Waals surface area contributed by atoms with E-state index in [0.717, 1.165) is 6.42 Å². The molecule has 0 aromatic carbocycles. The first-order valence-corrected chi connectivity index (χ1v) is 7.33. The van der Waals surface area contributed by atoms with Crippen LogP contribution in [-0.4, -0.2) is 41.1 Å². The molecular weight excluding hydrogens is 272 g/mol. The minimum absolute atomic E-state index is 0.143. The van der Waals surface area contributed by atoms with Crippen LogP contribution in [0.4, 0.5) is 5.82 Å². The Hall–Kier alpha value is -1.95. The van der Waals surface area contributed by atoms with Gasteiger partial charge in [-0.2, -0.15) is 11.3 Å². The van der Waals surface area contributed by atoms with E-state index < -0.39 is 0 Å². The molecule has 0 saturated carbocycles. The van der Waals surface area contributed by atoms with E-state index in [0.29, 0.717) is 11.5 Å². The van der Waals surface area contributed by atoms with Gasteiger partial charge in [0.2, 0.25) is 0 Å². The van der Waals surface area contributed by atoms with Gasteiger partial charge < -0.3 is 10.2 Å². The normalized spacial score (nSPS) is 11.9. The molecule has 1 unspecified atom stereocenters. The smallest absolute Gasteiger partial charge is 0.273 e. The predicted molar refractivity (Wildman–Crippen MR) is 81.2 cm³/mol. The minimum Gasteiger partial charge on any atom is -0.366 e. The third kappa shape index (κ3) is 3.77. The van der Waals surface area contributed by atoms with Crippen LogP contribution in [0.5, 0.6) is 0 Å². The molecule has 0 aliphatic heterocycles. The zero-order valence-corrected chi connectivity index (χ0v) is 12.6. The van der Waals surface area contributed by atoms with Crippen molar-refractivity contribution in [2.75, 3.05) is 19.4 Å². The first-order chi connectivity index (χ1) is 9.56. The van der Waals surface area contributed by atoms with Crippen molar-refractivity contribution in [1.82, 2.24) is 15.1 Å². The summed E-state index contributed by atoms with van der Waals surface area (Å²) in [5, 5.41) is 15.5. The number of rotatable bonds is 5. The SMILES string of the molecule is CC(Cc1ccsc1)Nc1ccc(C(=O)N(C)C)nn1. The van der Waals surface area contributed by atoms with E-state index in [1.165, 1.54) is 10.5 Å². The van der Waals surface area contributed by atoms with E-state index in [2.05, 4.69) is 39.3 Å². The van der Waals surface area contributed by atoms with Crippen molar-refractivity contribution in [2.45, 2.75) is 19.4 Å². The maximum Gasteiger partial charge on any atom is 0.273 e. The zero-order valence-electron chi connectivity index (χ0n) is 11.8. The molecule has 2 aromatic rings. The number of amides is 1. The van der Waals surface area contributed by atoms with Gasteiger partial charge in [-0.05, 0) is 47.9 Å². The van der Waals surface area contributed by atoms with Gasteiger partial charge in [0, 0.05) is 20.1 Å². The van der Waals surface area contributed by atoms with E-state index in [-0.39, 0.29) is 11.9 Å². The summed E-state index contributed by atoms with van der Waals surface area (Å²) in [6.45, 7) is 2.10. The third-order valence-electron chi connectivity index (χ3n) is 2.81. The van der Waals surface area contributed by atoms with Crippen LogP contribution in [0.1, 0.15) is 23.0 Å². The number of anilines is 1. The van der Waals surface area contributed by atoms with E-state index in [4.69, 9.17) is 0 Å². The number of nitrogens with one attached hydrogen (secondary N) is 1. The maximum atomic E-state index is 11.7. The molecule has 0 aliphatic carbocycles. The number of hydrogen-bond donors (Lipinski definition) is 1. The van der Waals surface area contributed by atoms with Gasteiger partial charge in [0.05, 0.1) is 0 Å². The molecule has 2 rings (SSSR count). The topological polar surface area (TPSA) is 58.1 Å². The summed E-state index contributed by atoms with van der Waals surface area (Å²) < 4.78 is 0. The van der Waals surface area contributed by atoms with Gasteiger partial charge in [0.1, 0.15) is 5.82 Å². The highest BCUT2D eigenvalue weighted by atomic mass is 32.1. The summed E-state index contributed by atoms with van der Waals surface area (Å²) in [5.74, 6) is 0.540. The number of aromatic nitrogens is 2. The average Bonchev–Trinajstić information content (AvgIpc) is 2.91. The summed E-state index contributed by atoms with van der Waals surface area (Å²) in [5.41, 5.74) is 1.66. The molecular formula is C14H18N4OS. The summed E-state index contributed by atoms with van der Waals surface area (Å²) in [7, 11) is 3.39. The zero-order chi connectivity index (χ0) is 14.5. The van der Waals surface area contributed by atoms with Gasteiger partial charge in [0.15, 0.2) is 5.69 Å². The lowest BCUT2D eigenvalue weighted by atomic mass is 10.1. The molecule has 106 valence electrons. The van der Waals surface area contributed by atoms with Crippen molar-refractivity contribution in [3.8, 4) is 0 Å². The monoisotopic (exact) mass is 290 g/mol. The number of hydrogen-bond acceptors (Lipinski definition) is 5. The number of carbonyl (C=O) groups is 1. The van der Waals surface area contributed by atoms with Crippen molar-refractivity contribution in [1.29, 1.82) is 0 Å². The van der Waals surface area contributed by atoms with Crippen LogP contribution in [0, 0.1) is 0 Å². The second kappa shape index (κ2) is 6.47. The lowest BCUT2D eigenvalue weighted by molar-refractivity contribution is 0.0821. The van der Waals surface area contributed by atoms with E-state index in [1.807, 2.05) is 0 Å². The van der Waals surface area contributed by atoms with Crippen molar-refractivity contribution < 1.29 is 4.79 Å². The molecule has 0 fully saturated rings. The average molecular weight is 290 g/mol. The quantitative estimate of drug-likeness (QED) is 0.918. The molecule has 20 heavy (non-hydrogen) atoms. The van der Waals surface area contributed by atoms with Crippen molar-refractivity contribution >= 4 is 23.1 Å². The van der Waals surface area contributed by atoms with Gasteiger partial charge in [-0.1, -0.05) is 0 Å². The molecule has 1 atom stereocenters. The lowest BCUT2D eigenvalue weighted by Gasteiger charge is -2.14. The van der Waals surface area contributed by atoms with Crippen LogP contribution < -0.4 is 5.32 Å². The largest absolute Gasteiger partial charge is 0.366 e. The van der Waals surface area contributed by atoms with Gasteiger partial charge in [-0.15, -0.1) is 10.2 Å². The van der Waals surface area contributed by atoms with Crippen LogP contribution >= 0.6 is 11.3 Å². The van der Waals surface area contributed by atoms with Crippen molar-refractivity contribution in [3.05, 3.63) is 40.2 Å². The van der Waals surface area contributed by atoms with E-state index in [1.54, 1.807) is 37.6 Å². The summed E-state index contributed by atoms with van der Waals surface area (Å²) in [4.78, 5) is 13.2. The summed E-state index contributed by atoms with van der Waals surface area (Å²) >= 11 is 1.70. The fourth-order valence-corrected chi connectivity index (χ4v) is 2.50. The standard InChI is InChI=1S/C14H18N4OS/c1-10(8-11-6-7-20-9-11)15-13-5-4-12(16-17-13)14(19)18(2)3/h4-7,9-10H,8H2,1-3H3,(H,15,17).